The lowest BCUT2D eigenvalue weighted by Crippen LogP contribution is -2.14. The van der Waals surface area contributed by atoms with Crippen molar-refractivity contribution in [2.24, 2.45) is 0 Å². The molecule has 0 saturated carbocycles. The molecule has 0 aliphatic rings. The van der Waals surface area contributed by atoms with Crippen molar-refractivity contribution < 1.29 is 9.72 Å². The van der Waals surface area contributed by atoms with Crippen molar-refractivity contribution in [1.82, 2.24) is 0 Å². The Kier molecular flexibility index (Phi) is 4.23. The van der Waals surface area contributed by atoms with E-state index in [4.69, 9.17) is 5.73 Å². The van der Waals surface area contributed by atoms with Crippen molar-refractivity contribution in [3.8, 4) is 0 Å². The number of hydrogen-bond donors (Lipinski definition) is 2. The highest BCUT2D eigenvalue weighted by Gasteiger charge is 2.15. The highest BCUT2D eigenvalue weighted by molar-refractivity contribution is 9.10. The van der Waals surface area contributed by atoms with E-state index in [9.17, 15) is 14.9 Å². The van der Waals surface area contributed by atoms with E-state index in [0.29, 0.717) is 5.69 Å². The predicted molar refractivity (Wildman–Crippen MR) is 84.3 cm³/mol. The molecule has 2 rings (SSSR count). The monoisotopic (exact) mass is 349 g/mol. The van der Waals surface area contributed by atoms with Crippen molar-refractivity contribution in [2.45, 2.75) is 6.92 Å². The zero-order valence-electron chi connectivity index (χ0n) is 11.1. The maximum atomic E-state index is 12.2. The molecule has 0 atom stereocenters. The largest absolute Gasteiger partial charge is 0.398 e. The van der Waals surface area contributed by atoms with Gasteiger partial charge in [0.2, 0.25) is 0 Å². The second kappa shape index (κ2) is 5.92. The molecule has 0 heterocycles. The lowest BCUT2D eigenvalue weighted by atomic mass is 10.1. The van der Waals surface area contributed by atoms with E-state index in [0.717, 1.165) is 16.1 Å². The number of anilines is 2. The van der Waals surface area contributed by atoms with Gasteiger partial charge in [-0.15, -0.1) is 0 Å². The van der Waals surface area contributed by atoms with Crippen LogP contribution in [0.2, 0.25) is 0 Å². The second-order valence-electron chi connectivity index (χ2n) is 4.45. The number of carbonyl (C=O) groups is 1. The van der Waals surface area contributed by atoms with Crippen LogP contribution in [0.4, 0.5) is 17.1 Å². The highest BCUT2D eigenvalue weighted by atomic mass is 79.9. The van der Waals surface area contributed by atoms with Crippen LogP contribution in [0.1, 0.15) is 15.9 Å². The van der Waals surface area contributed by atoms with Crippen LogP contribution in [-0.4, -0.2) is 10.8 Å². The smallest absolute Gasteiger partial charge is 0.270 e. The van der Waals surface area contributed by atoms with Crippen LogP contribution in [-0.2, 0) is 0 Å². The molecule has 0 aliphatic carbocycles. The molecule has 108 valence electrons. The molecule has 1 amide bonds. The Morgan fingerprint density at radius 3 is 2.62 bits per heavy atom. The predicted octanol–water partition coefficient (Wildman–Crippen LogP) is 3.50. The molecule has 0 aliphatic heterocycles. The van der Waals surface area contributed by atoms with Gasteiger partial charge in [0.25, 0.3) is 11.6 Å². The van der Waals surface area contributed by atoms with E-state index in [1.807, 2.05) is 13.0 Å². The van der Waals surface area contributed by atoms with Gasteiger partial charge in [-0.25, -0.2) is 0 Å². The maximum Gasteiger partial charge on any atom is 0.270 e. The van der Waals surface area contributed by atoms with E-state index in [1.54, 1.807) is 12.1 Å². The molecule has 0 spiro atoms. The summed E-state index contributed by atoms with van der Waals surface area (Å²) in [6.45, 7) is 1.92. The fourth-order valence-corrected chi connectivity index (χ4v) is 2.10. The molecule has 2 aromatic carbocycles. The number of nitro groups is 1. The average molecular weight is 350 g/mol. The van der Waals surface area contributed by atoms with Gasteiger partial charge < -0.3 is 11.1 Å². The Labute approximate surface area is 129 Å². The van der Waals surface area contributed by atoms with Crippen LogP contribution in [0.25, 0.3) is 0 Å². The molecule has 0 radical (unpaired) electrons. The van der Waals surface area contributed by atoms with Crippen molar-refractivity contribution in [3.63, 3.8) is 0 Å². The number of hydrogen-bond acceptors (Lipinski definition) is 4. The van der Waals surface area contributed by atoms with Gasteiger partial charge in [0, 0.05) is 28.0 Å². The summed E-state index contributed by atoms with van der Waals surface area (Å²) in [5.41, 5.74) is 7.38. The minimum absolute atomic E-state index is 0.0703. The van der Waals surface area contributed by atoms with Crippen LogP contribution in [0, 0.1) is 17.0 Å². The van der Waals surface area contributed by atoms with E-state index >= 15 is 0 Å². The summed E-state index contributed by atoms with van der Waals surface area (Å²) >= 11 is 3.37. The van der Waals surface area contributed by atoms with E-state index in [1.165, 1.54) is 12.1 Å². The molecule has 6 nitrogen and oxygen atoms in total. The Morgan fingerprint density at radius 1 is 1.29 bits per heavy atom. The number of nitrogens with zero attached hydrogens (tertiary/aromatic N) is 1. The molecular formula is C14H12BrN3O3. The summed E-state index contributed by atoms with van der Waals surface area (Å²) in [6.07, 6.45) is 0. The molecule has 0 unspecified atom stereocenters. The molecule has 7 heteroatoms. The topological polar surface area (TPSA) is 98.3 Å². The van der Waals surface area contributed by atoms with Crippen LogP contribution < -0.4 is 11.1 Å². The third kappa shape index (κ3) is 3.38. The number of benzene rings is 2. The molecule has 0 saturated heterocycles. The van der Waals surface area contributed by atoms with E-state index < -0.39 is 10.8 Å². The SMILES string of the molecule is Cc1ccc(NC(=O)c2cc([N+](=O)[O-])ccc2N)cc1Br. The third-order valence-corrected chi connectivity index (χ3v) is 3.78. The molecule has 21 heavy (non-hydrogen) atoms. The van der Waals surface area contributed by atoms with Gasteiger partial charge in [0.1, 0.15) is 0 Å². The lowest BCUT2D eigenvalue weighted by molar-refractivity contribution is -0.384. The number of aryl methyl sites for hydroxylation is 1. The first kappa shape index (κ1) is 15.0. The number of rotatable bonds is 3. The number of nitro benzene ring substituents is 1. The van der Waals surface area contributed by atoms with Crippen molar-refractivity contribution in [1.29, 1.82) is 0 Å². The Bertz CT molecular complexity index is 731. The fraction of sp³-hybridized carbons (Fsp3) is 0.0714. The van der Waals surface area contributed by atoms with E-state index in [-0.39, 0.29) is 16.9 Å². The Balaban J connectivity index is 2.29. The summed E-state index contributed by atoms with van der Waals surface area (Å²) in [4.78, 5) is 22.4. The van der Waals surface area contributed by atoms with E-state index in [2.05, 4.69) is 21.2 Å². The van der Waals surface area contributed by atoms with Crippen molar-refractivity contribution in [2.75, 3.05) is 11.1 Å². The van der Waals surface area contributed by atoms with Crippen LogP contribution in [0.5, 0.6) is 0 Å². The van der Waals surface area contributed by atoms with Gasteiger partial charge in [-0.05, 0) is 30.7 Å². The number of halogens is 1. The first-order valence-electron chi connectivity index (χ1n) is 6.00. The molecule has 2 aromatic rings. The molecular weight excluding hydrogens is 338 g/mol. The Morgan fingerprint density at radius 2 is 2.00 bits per heavy atom. The third-order valence-electron chi connectivity index (χ3n) is 2.92. The molecule has 0 aromatic heterocycles. The first-order chi connectivity index (χ1) is 9.88. The van der Waals surface area contributed by atoms with Crippen LogP contribution in [0.3, 0.4) is 0 Å². The number of nitrogen functional groups attached to an aromatic ring is 1. The van der Waals surface area contributed by atoms with Gasteiger partial charge in [-0.1, -0.05) is 22.0 Å². The number of amides is 1. The zero-order valence-corrected chi connectivity index (χ0v) is 12.7. The number of nitrogens with one attached hydrogen (secondary N) is 1. The van der Waals surface area contributed by atoms with Gasteiger partial charge in [0.05, 0.1) is 10.5 Å². The van der Waals surface area contributed by atoms with Gasteiger partial charge in [-0.3, -0.25) is 14.9 Å². The highest BCUT2D eigenvalue weighted by Crippen LogP contribution is 2.23. The number of non-ortho nitro benzene ring substituents is 1. The fourth-order valence-electron chi connectivity index (χ4n) is 1.72. The molecule has 0 fully saturated rings. The molecule has 0 bridgehead atoms. The van der Waals surface area contributed by atoms with Crippen LogP contribution >= 0.6 is 15.9 Å². The van der Waals surface area contributed by atoms with Gasteiger partial charge in [-0.2, -0.15) is 0 Å². The lowest BCUT2D eigenvalue weighted by Gasteiger charge is -2.08. The van der Waals surface area contributed by atoms with Crippen LogP contribution in [0.15, 0.2) is 40.9 Å². The normalized spacial score (nSPS) is 10.2. The summed E-state index contributed by atoms with van der Waals surface area (Å²) in [5.74, 6) is -0.494. The number of nitrogens with two attached hydrogens (primary N) is 1. The van der Waals surface area contributed by atoms with Crippen molar-refractivity contribution in [3.05, 3.63) is 62.1 Å². The minimum atomic E-state index is -0.571. The van der Waals surface area contributed by atoms with Gasteiger partial charge >= 0.3 is 0 Å². The summed E-state index contributed by atoms with van der Waals surface area (Å²) < 4.78 is 0.854. The Hall–Kier alpha value is -2.41. The second-order valence-corrected chi connectivity index (χ2v) is 5.30. The molecule has 3 N–H and O–H groups in total. The summed E-state index contributed by atoms with van der Waals surface area (Å²) in [5, 5.41) is 13.4. The maximum absolute atomic E-state index is 12.2. The standard InChI is InChI=1S/C14H12BrN3O3/c1-8-2-3-9(6-12(8)15)17-14(19)11-7-10(18(20)21)4-5-13(11)16/h2-7H,16H2,1H3,(H,17,19). The van der Waals surface area contributed by atoms with Crippen molar-refractivity contribution >= 4 is 38.9 Å². The minimum Gasteiger partial charge on any atom is -0.398 e. The summed E-state index contributed by atoms with van der Waals surface area (Å²) in [7, 11) is 0. The summed E-state index contributed by atoms with van der Waals surface area (Å²) in [6, 6.07) is 9.10. The van der Waals surface area contributed by atoms with Gasteiger partial charge in [0.15, 0.2) is 0 Å². The average Bonchev–Trinajstić information content (AvgIpc) is 2.43. The number of carbonyl (C=O) groups excluding carboxylic acids is 1. The first-order valence-corrected chi connectivity index (χ1v) is 6.79. The quantitative estimate of drug-likeness (QED) is 0.503. The zero-order chi connectivity index (χ0) is 15.6.